The highest BCUT2D eigenvalue weighted by Crippen LogP contribution is 2.38. The summed E-state index contributed by atoms with van der Waals surface area (Å²) < 4.78 is 30.1. The van der Waals surface area contributed by atoms with Crippen LogP contribution in [0.2, 0.25) is 0 Å². The van der Waals surface area contributed by atoms with Crippen LogP contribution in [0.5, 0.6) is 0 Å². The van der Waals surface area contributed by atoms with Gasteiger partial charge in [-0.25, -0.2) is 8.42 Å². The van der Waals surface area contributed by atoms with Crippen molar-refractivity contribution < 1.29 is 18.0 Å². The summed E-state index contributed by atoms with van der Waals surface area (Å²) in [5.41, 5.74) is 3.71. The number of ketones is 1. The van der Waals surface area contributed by atoms with Crippen LogP contribution in [0.4, 0.5) is 5.69 Å². The molecule has 0 radical (unpaired) electrons. The van der Waals surface area contributed by atoms with Crippen LogP contribution >= 0.6 is 0 Å². The molecular formula is C25H32N4O4S. The van der Waals surface area contributed by atoms with Crippen LogP contribution in [0.3, 0.4) is 0 Å². The number of rotatable bonds is 7. The number of benzene rings is 1. The summed E-state index contributed by atoms with van der Waals surface area (Å²) in [6.45, 7) is 6.80. The number of aromatic nitrogens is 1. The molecule has 0 unspecified atom stereocenters. The fourth-order valence-corrected chi connectivity index (χ4v) is 6.66. The van der Waals surface area contributed by atoms with Crippen LogP contribution in [-0.4, -0.2) is 73.1 Å². The van der Waals surface area contributed by atoms with Gasteiger partial charge in [0.15, 0.2) is 5.78 Å². The predicted molar refractivity (Wildman–Crippen MR) is 130 cm³/mol. The molecule has 3 fully saturated rings. The molecule has 0 N–H and O–H groups in total. The lowest BCUT2D eigenvalue weighted by molar-refractivity contribution is -0.117. The van der Waals surface area contributed by atoms with Crippen molar-refractivity contribution in [1.29, 1.82) is 0 Å². The maximum Gasteiger partial charge on any atom is 0.243 e. The number of hydrogen-bond donors (Lipinski definition) is 0. The molecule has 34 heavy (non-hydrogen) atoms. The van der Waals surface area contributed by atoms with Gasteiger partial charge in [-0.3, -0.25) is 14.5 Å². The molecule has 1 aromatic heterocycles. The number of piperazine rings is 1. The van der Waals surface area contributed by atoms with Crippen molar-refractivity contribution in [3.63, 3.8) is 0 Å². The van der Waals surface area contributed by atoms with E-state index in [1.165, 1.54) is 17.1 Å². The van der Waals surface area contributed by atoms with Gasteiger partial charge in [0.25, 0.3) is 0 Å². The summed E-state index contributed by atoms with van der Waals surface area (Å²) in [6, 6.07) is 9.13. The first kappa shape index (κ1) is 23.3. The number of aryl methyl sites for hydroxylation is 1. The molecule has 3 heterocycles. The van der Waals surface area contributed by atoms with Crippen LogP contribution in [0, 0.1) is 13.8 Å². The number of carbonyl (C=O) groups excluding carboxylic acids is 2. The zero-order valence-electron chi connectivity index (χ0n) is 19.9. The van der Waals surface area contributed by atoms with Crippen molar-refractivity contribution in [3.8, 4) is 0 Å². The van der Waals surface area contributed by atoms with E-state index >= 15 is 0 Å². The van der Waals surface area contributed by atoms with Crippen LogP contribution in [0.15, 0.2) is 35.2 Å². The molecule has 0 atom stereocenters. The first-order valence-electron chi connectivity index (χ1n) is 12.1. The standard InChI is InChI=1S/C25H32N4O4S/c1-18-16-23(19(2)29(18)21-5-6-21)24(30)17-26-12-14-27(15-13-26)34(32,33)22-9-7-20(8-10-22)28-11-3-4-25(28)31/h7-10,16,21H,3-6,11-15,17H2,1-2H3. The van der Waals surface area contributed by atoms with Crippen LogP contribution < -0.4 is 4.90 Å². The molecule has 1 aromatic carbocycles. The molecule has 0 spiro atoms. The van der Waals surface area contributed by atoms with Crippen molar-refractivity contribution in [2.45, 2.75) is 50.5 Å². The minimum absolute atomic E-state index is 0.0794. The monoisotopic (exact) mass is 484 g/mol. The molecule has 1 amide bonds. The average Bonchev–Trinajstić information content (AvgIpc) is 3.48. The van der Waals surface area contributed by atoms with E-state index in [0.717, 1.165) is 29.1 Å². The Morgan fingerprint density at radius 1 is 1.00 bits per heavy atom. The van der Waals surface area contributed by atoms with Crippen molar-refractivity contribution in [2.24, 2.45) is 0 Å². The van der Waals surface area contributed by atoms with Crippen molar-refractivity contribution in [1.82, 2.24) is 13.8 Å². The molecule has 182 valence electrons. The molecule has 9 heteroatoms. The minimum Gasteiger partial charge on any atom is -0.345 e. The van der Waals surface area contributed by atoms with Gasteiger partial charge < -0.3 is 9.47 Å². The molecular weight excluding hydrogens is 452 g/mol. The highest BCUT2D eigenvalue weighted by molar-refractivity contribution is 7.89. The Labute approximate surface area is 201 Å². The molecule has 2 saturated heterocycles. The molecule has 5 rings (SSSR count). The van der Waals surface area contributed by atoms with Gasteiger partial charge in [0, 0.05) is 67.8 Å². The summed E-state index contributed by atoms with van der Waals surface area (Å²) in [5, 5.41) is 0. The maximum atomic E-state index is 13.1. The van der Waals surface area contributed by atoms with Gasteiger partial charge in [-0.05, 0) is 63.4 Å². The summed E-state index contributed by atoms with van der Waals surface area (Å²) in [7, 11) is -3.62. The molecule has 1 aliphatic carbocycles. The largest absolute Gasteiger partial charge is 0.345 e. The minimum atomic E-state index is -3.62. The van der Waals surface area contributed by atoms with Gasteiger partial charge in [-0.2, -0.15) is 4.31 Å². The Hall–Kier alpha value is -2.49. The van der Waals surface area contributed by atoms with Crippen molar-refractivity contribution >= 4 is 27.4 Å². The zero-order chi connectivity index (χ0) is 24.0. The molecule has 3 aliphatic rings. The lowest BCUT2D eigenvalue weighted by Gasteiger charge is -2.33. The Bertz CT molecular complexity index is 1210. The van der Waals surface area contributed by atoms with Crippen LogP contribution in [0.1, 0.15) is 53.5 Å². The third kappa shape index (κ3) is 4.32. The highest BCUT2D eigenvalue weighted by Gasteiger charge is 2.31. The number of sulfonamides is 1. The van der Waals surface area contributed by atoms with Gasteiger partial charge in [0.2, 0.25) is 15.9 Å². The van der Waals surface area contributed by atoms with Gasteiger partial charge in [-0.1, -0.05) is 0 Å². The topological polar surface area (TPSA) is 82.9 Å². The van der Waals surface area contributed by atoms with E-state index in [4.69, 9.17) is 0 Å². The quantitative estimate of drug-likeness (QED) is 0.565. The highest BCUT2D eigenvalue weighted by atomic mass is 32.2. The van der Waals surface area contributed by atoms with Gasteiger partial charge >= 0.3 is 0 Å². The number of Topliss-reactive ketones (excluding diaryl/α,β-unsaturated/α-hetero) is 1. The van der Waals surface area contributed by atoms with E-state index in [2.05, 4.69) is 11.5 Å². The Morgan fingerprint density at radius 3 is 2.26 bits per heavy atom. The second-order valence-electron chi connectivity index (χ2n) is 9.63. The number of nitrogens with zero attached hydrogens (tertiary/aromatic N) is 4. The van der Waals surface area contributed by atoms with Gasteiger partial charge in [0.1, 0.15) is 0 Å². The van der Waals surface area contributed by atoms with E-state index in [-0.39, 0.29) is 16.6 Å². The third-order valence-corrected chi connectivity index (χ3v) is 9.17. The first-order valence-corrected chi connectivity index (χ1v) is 13.5. The molecule has 2 aliphatic heterocycles. The van der Waals surface area contributed by atoms with Crippen molar-refractivity contribution in [2.75, 3.05) is 44.2 Å². The predicted octanol–water partition coefficient (Wildman–Crippen LogP) is 2.76. The van der Waals surface area contributed by atoms with E-state index in [0.29, 0.717) is 51.7 Å². The second-order valence-corrected chi connectivity index (χ2v) is 11.6. The van der Waals surface area contributed by atoms with E-state index in [1.807, 2.05) is 17.9 Å². The third-order valence-electron chi connectivity index (χ3n) is 7.25. The number of anilines is 1. The normalized spacial score (nSPS) is 20.3. The second kappa shape index (κ2) is 8.94. The maximum absolute atomic E-state index is 13.1. The lowest BCUT2D eigenvalue weighted by atomic mass is 10.1. The number of hydrogen-bond acceptors (Lipinski definition) is 5. The van der Waals surface area contributed by atoms with Crippen molar-refractivity contribution in [3.05, 3.63) is 47.3 Å². The SMILES string of the molecule is Cc1cc(C(=O)CN2CCN(S(=O)(=O)c3ccc(N4CCCC4=O)cc3)CC2)c(C)n1C1CC1. The Morgan fingerprint density at radius 2 is 1.68 bits per heavy atom. The lowest BCUT2D eigenvalue weighted by Crippen LogP contribution is -2.49. The summed E-state index contributed by atoms with van der Waals surface area (Å²) >= 11 is 0. The fourth-order valence-electron chi connectivity index (χ4n) is 5.24. The first-order chi connectivity index (χ1) is 16.3. The number of amides is 1. The zero-order valence-corrected chi connectivity index (χ0v) is 20.7. The van der Waals surface area contributed by atoms with Crippen LogP contribution in [0.25, 0.3) is 0 Å². The van der Waals surface area contributed by atoms with Gasteiger partial charge in [0.05, 0.1) is 11.4 Å². The summed E-state index contributed by atoms with van der Waals surface area (Å²) in [4.78, 5) is 28.9. The van der Waals surface area contributed by atoms with E-state index < -0.39 is 10.0 Å². The molecule has 8 nitrogen and oxygen atoms in total. The molecule has 1 saturated carbocycles. The molecule has 2 aromatic rings. The average molecular weight is 485 g/mol. The molecule has 0 bridgehead atoms. The van der Waals surface area contributed by atoms with Crippen LogP contribution in [-0.2, 0) is 14.8 Å². The van der Waals surface area contributed by atoms with E-state index in [9.17, 15) is 18.0 Å². The Balaban J connectivity index is 1.20. The Kier molecular flexibility index (Phi) is 6.12. The van der Waals surface area contributed by atoms with E-state index in [1.54, 1.807) is 29.2 Å². The van der Waals surface area contributed by atoms with Gasteiger partial charge in [-0.15, -0.1) is 0 Å². The summed E-state index contributed by atoms with van der Waals surface area (Å²) in [6.07, 6.45) is 3.73. The fraction of sp³-hybridized carbons (Fsp3) is 0.520. The number of carbonyl (C=O) groups is 2. The summed E-state index contributed by atoms with van der Waals surface area (Å²) in [5.74, 6) is 0.180. The smallest absolute Gasteiger partial charge is 0.243 e.